The second kappa shape index (κ2) is 9.21. The Morgan fingerprint density at radius 2 is 1.89 bits per heavy atom. The van der Waals surface area contributed by atoms with Crippen molar-refractivity contribution in [3.8, 4) is 16.8 Å². The average molecular weight is 516 g/mol. The Morgan fingerprint density at radius 1 is 1.08 bits per heavy atom. The summed E-state index contributed by atoms with van der Waals surface area (Å²) in [4.78, 5) is 17.5. The van der Waals surface area contributed by atoms with Gasteiger partial charge in [0.25, 0.3) is 5.91 Å². The van der Waals surface area contributed by atoms with E-state index in [1.54, 1.807) is 16.9 Å². The molecule has 5 heterocycles. The standard InChI is InChI=1S/C28H30FN7O2/c1-18-10-25(29)23(28(37)32-20-2-3-20)12-26(18)36-15-19(13-30-36)24-14-31-35-5-4-21(11-27(24)35)33-6-8-34(9-7-33)22-16-38-17-22/h4-5,10-15,20,22H,2-3,6-9,16-17H2,1H3,(H,32,37). The molecule has 4 aromatic rings. The Balaban J connectivity index is 1.15. The first-order valence-electron chi connectivity index (χ1n) is 13.2. The molecule has 3 fully saturated rings. The fourth-order valence-electron chi connectivity index (χ4n) is 5.33. The number of hydrogen-bond acceptors (Lipinski definition) is 6. The van der Waals surface area contributed by atoms with E-state index < -0.39 is 5.82 Å². The molecular weight excluding hydrogens is 485 g/mol. The van der Waals surface area contributed by atoms with Crippen molar-refractivity contribution in [1.82, 2.24) is 29.6 Å². The first-order valence-corrected chi connectivity index (χ1v) is 13.2. The van der Waals surface area contributed by atoms with E-state index >= 15 is 0 Å². The van der Waals surface area contributed by atoms with Crippen molar-refractivity contribution in [3.05, 3.63) is 66.0 Å². The van der Waals surface area contributed by atoms with Gasteiger partial charge in [-0.15, -0.1) is 0 Å². The van der Waals surface area contributed by atoms with Gasteiger partial charge in [0.05, 0.1) is 48.4 Å². The number of aryl methyl sites for hydroxylation is 1. The van der Waals surface area contributed by atoms with Crippen LogP contribution < -0.4 is 10.2 Å². The Hall–Kier alpha value is -3.76. The second-order valence-corrected chi connectivity index (χ2v) is 10.5. The molecule has 10 heteroatoms. The normalized spacial score (nSPS) is 18.6. The molecule has 0 spiro atoms. The number of nitrogens with one attached hydrogen (secondary N) is 1. The van der Waals surface area contributed by atoms with Crippen LogP contribution in [0.3, 0.4) is 0 Å². The van der Waals surface area contributed by atoms with E-state index in [1.165, 1.54) is 11.8 Å². The molecule has 0 bridgehead atoms. The molecule has 3 aromatic heterocycles. The second-order valence-electron chi connectivity index (χ2n) is 10.5. The molecule has 0 unspecified atom stereocenters. The van der Waals surface area contributed by atoms with Gasteiger partial charge in [0.1, 0.15) is 5.82 Å². The van der Waals surface area contributed by atoms with Crippen LogP contribution in [0.5, 0.6) is 0 Å². The molecule has 196 valence electrons. The number of benzene rings is 1. The molecule has 2 aliphatic heterocycles. The van der Waals surface area contributed by atoms with Gasteiger partial charge in [-0.05, 0) is 49.6 Å². The van der Waals surface area contributed by atoms with E-state index in [0.717, 1.165) is 68.9 Å². The van der Waals surface area contributed by atoms with Crippen LogP contribution in [0.15, 0.2) is 49.1 Å². The zero-order chi connectivity index (χ0) is 25.8. The molecule has 1 aliphatic carbocycles. The number of aromatic nitrogens is 4. The van der Waals surface area contributed by atoms with E-state index in [0.29, 0.717) is 17.3 Å². The van der Waals surface area contributed by atoms with Crippen LogP contribution in [0, 0.1) is 12.7 Å². The van der Waals surface area contributed by atoms with Gasteiger partial charge in [0, 0.05) is 61.4 Å². The maximum absolute atomic E-state index is 14.6. The van der Waals surface area contributed by atoms with Gasteiger partial charge in [-0.2, -0.15) is 10.2 Å². The lowest BCUT2D eigenvalue weighted by molar-refractivity contribution is -0.0660. The maximum Gasteiger partial charge on any atom is 0.254 e. The van der Waals surface area contributed by atoms with Crippen LogP contribution in [0.2, 0.25) is 0 Å². The van der Waals surface area contributed by atoms with Crippen molar-refractivity contribution in [2.24, 2.45) is 0 Å². The van der Waals surface area contributed by atoms with Crippen LogP contribution in [-0.4, -0.2) is 81.7 Å². The monoisotopic (exact) mass is 515 g/mol. The summed E-state index contributed by atoms with van der Waals surface area (Å²) < 4.78 is 23.6. The van der Waals surface area contributed by atoms with E-state index in [1.807, 2.05) is 30.0 Å². The third-order valence-corrected chi connectivity index (χ3v) is 7.90. The summed E-state index contributed by atoms with van der Waals surface area (Å²) in [6, 6.07) is 8.02. The Labute approximate surface area is 219 Å². The van der Waals surface area contributed by atoms with Crippen molar-refractivity contribution in [3.63, 3.8) is 0 Å². The fraction of sp³-hybridized carbons (Fsp3) is 0.393. The fourth-order valence-corrected chi connectivity index (χ4v) is 5.33. The van der Waals surface area contributed by atoms with Gasteiger partial charge in [-0.3, -0.25) is 9.69 Å². The molecule has 9 nitrogen and oxygen atoms in total. The maximum atomic E-state index is 14.6. The molecular formula is C28H30FN7O2. The Morgan fingerprint density at radius 3 is 2.63 bits per heavy atom. The first kappa shape index (κ1) is 23.4. The lowest BCUT2D eigenvalue weighted by Crippen LogP contribution is -2.56. The largest absolute Gasteiger partial charge is 0.378 e. The summed E-state index contributed by atoms with van der Waals surface area (Å²) in [5.74, 6) is -0.899. The lowest BCUT2D eigenvalue weighted by atomic mass is 10.1. The minimum atomic E-state index is -0.520. The molecule has 7 rings (SSSR count). The highest BCUT2D eigenvalue weighted by atomic mass is 19.1. The number of pyridine rings is 1. The molecule has 2 saturated heterocycles. The van der Waals surface area contributed by atoms with Gasteiger partial charge in [-0.1, -0.05) is 0 Å². The first-order chi connectivity index (χ1) is 18.5. The minimum absolute atomic E-state index is 0.0418. The predicted molar refractivity (Wildman–Crippen MR) is 141 cm³/mol. The van der Waals surface area contributed by atoms with E-state index in [9.17, 15) is 9.18 Å². The zero-order valence-electron chi connectivity index (χ0n) is 21.3. The Bertz CT molecular complexity index is 1510. The number of rotatable bonds is 6. The number of anilines is 1. The van der Waals surface area contributed by atoms with Crippen LogP contribution in [0.1, 0.15) is 28.8 Å². The van der Waals surface area contributed by atoms with Crippen molar-refractivity contribution in [2.45, 2.75) is 31.8 Å². The van der Waals surface area contributed by atoms with E-state index in [2.05, 4.69) is 37.4 Å². The number of carbonyl (C=O) groups excluding carboxylic acids is 1. The molecule has 1 amide bonds. The predicted octanol–water partition coefficient (Wildman–Crippen LogP) is 3.05. The van der Waals surface area contributed by atoms with E-state index in [4.69, 9.17) is 4.74 Å². The van der Waals surface area contributed by atoms with Crippen LogP contribution in [-0.2, 0) is 4.74 Å². The zero-order valence-corrected chi connectivity index (χ0v) is 21.3. The van der Waals surface area contributed by atoms with E-state index in [-0.39, 0.29) is 17.5 Å². The van der Waals surface area contributed by atoms with Gasteiger partial charge in [0.2, 0.25) is 0 Å². The number of ether oxygens (including phenoxy) is 1. The third-order valence-electron chi connectivity index (χ3n) is 7.90. The average Bonchev–Trinajstić information content (AvgIpc) is 3.39. The number of halogens is 1. The van der Waals surface area contributed by atoms with Gasteiger partial charge in [0.15, 0.2) is 0 Å². The lowest BCUT2D eigenvalue weighted by Gasteiger charge is -2.43. The summed E-state index contributed by atoms with van der Waals surface area (Å²) >= 11 is 0. The molecule has 0 atom stereocenters. The molecule has 1 aromatic carbocycles. The highest BCUT2D eigenvalue weighted by molar-refractivity contribution is 5.95. The number of piperazine rings is 1. The summed E-state index contributed by atoms with van der Waals surface area (Å²) in [5.41, 5.74) is 5.46. The highest BCUT2D eigenvalue weighted by Crippen LogP contribution is 2.30. The highest BCUT2D eigenvalue weighted by Gasteiger charge is 2.29. The number of amides is 1. The summed E-state index contributed by atoms with van der Waals surface area (Å²) in [5, 5.41) is 12.0. The third kappa shape index (κ3) is 4.23. The SMILES string of the molecule is Cc1cc(F)c(C(=O)NC2CC2)cc1-n1cc(-c2cnn3ccc(N4CCN(C5COC5)CC4)cc23)cn1. The number of nitrogens with zero attached hydrogens (tertiary/aromatic N) is 6. The van der Waals surface area contributed by atoms with Crippen LogP contribution in [0.25, 0.3) is 22.3 Å². The summed E-state index contributed by atoms with van der Waals surface area (Å²) in [7, 11) is 0. The van der Waals surface area contributed by atoms with Gasteiger partial charge >= 0.3 is 0 Å². The topological polar surface area (TPSA) is 79.9 Å². The number of carbonyl (C=O) groups is 1. The smallest absolute Gasteiger partial charge is 0.254 e. The van der Waals surface area contributed by atoms with Crippen LogP contribution in [0.4, 0.5) is 10.1 Å². The molecule has 38 heavy (non-hydrogen) atoms. The molecule has 1 N–H and O–H groups in total. The summed E-state index contributed by atoms with van der Waals surface area (Å²) in [6.07, 6.45) is 9.44. The number of fused-ring (bicyclic) bond motifs is 1. The van der Waals surface area contributed by atoms with Crippen molar-refractivity contribution in [2.75, 3.05) is 44.3 Å². The quantitative estimate of drug-likeness (QED) is 0.425. The molecule has 3 aliphatic rings. The number of hydrogen-bond donors (Lipinski definition) is 1. The minimum Gasteiger partial charge on any atom is -0.378 e. The van der Waals surface area contributed by atoms with Gasteiger partial charge in [-0.25, -0.2) is 13.6 Å². The molecule has 1 saturated carbocycles. The molecule has 0 radical (unpaired) electrons. The van der Waals surface area contributed by atoms with Crippen molar-refractivity contribution < 1.29 is 13.9 Å². The van der Waals surface area contributed by atoms with Crippen LogP contribution >= 0.6 is 0 Å². The Kier molecular flexibility index (Phi) is 5.66. The summed E-state index contributed by atoms with van der Waals surface area (Å²) in [6.45, 7) is 7.56. The van der Waals surface area contributed by atoms with Gasteiger partial charge < -0.3 is 15.0 Å². The van der Waals surface area contributed by atoms with Crippen molar-refractivity contribution >= 4 is 17.1 Å². The van der Waals surface area contributed by atoms with Crippen molar-refractivity contribution in [1.29, 1.82) is 0 Å².